The number of rotatable bonds is 5. The zero-order chi connectivity index (χ0) is 17.7. The molecule has 4 nitrogen and oxygen atoms in total. The van der Waals surface area contributed by atoms with Crippen LogP contribution in [0.1, 0.15) is 24.0 Å². The summed E-state index contributed by atoms with van der Waals surface area (Å²) in [7, 11) is 0. The predicted molar refractivity (Wildman–Crippen MR) is 86.1 cm³/mol. The number of carbonyl (C=O) groups excluding carboxylic acids is 2. The normalized spacial score (nSPS) is 16.2. The molecule has 1 aliphatic heterocycles. The van der Waals surface area contributed by atoms with E-state index in [1.54, 1.807) is 11.0 Å². The largest absolute Gasteiger partial charge is 0.416 e. The summed E-state index contributed by atoms with van der Waals surface area (Å²) in [4.78, 5) is 24.9. The maximum atomic E-state index is 12.6. The molecule has 1 fully saturated rings. The van der Waals surface area contributed by atoms with Crippen molar-refractivity contribution >= 4 is 23.6 Å². The maximum absolute atomic E-state index is 12.6. The Morgan fingerprint density at radius 1 is 1.25 bits per heavy atom. The topological polar surface area (TPSA) is 63.4 Å². The molecule has 0 radical (unpaired) electrons. The van der Waals surface area contributed by atoms with Gasteiger partial charge in [-0.05, 0) is 24.5 Å². The lowest BCUT2D eigenvalue weighted by molar-refractivity contribution is -0.137. The van der Waals surface area contributed by atoms with Gasteiger partial charge in [0.25, 0.3) is 0 Å². The van der Waals surface area contributed by atoms with E-state index >= 15 is 0 Å². The van der Waals surface area contributed by atoms with E-state index in [0.717, 1.165) is 12.1 Å². The predicted octanol–water partition coefficient (Wildman–Crippen LogP) is 2.66. The number of piperidine rings is 1. The van der Waals surface area contributed by atoms with Crippen LogP contribution in [0.25, 0.3) is 0 Å². The van der Waals surface area contributed by atoms with Crippen molar-refractivity contribution in [1.29, 1.82) is 0 Å². The Bertz CT molecular complexity index is 599. The molecule has 1 aromatic rings. The summed E-state index contributed by atoms with van der Waals surface area (Å²) in [5.41, 5.74) is 5.11. The number of amides is 2. The second-order valence-corrected chi connectivity index (χ2v) is 6.73. The van der Waals surface area contributed by atoms with E-state index in [1.165, 1.54) is 17.8 Å². The highest BCUT2D eigenvalue weighted by molar-refractivity contribution is 7.99. The number of carbonyl (C=O) groups is 2. The van der Waals surface area contributed by atoms with Crippen LogP contribution in [0.2, 0.25) is 0 Å². The van der Waals surface area contributed by atoms with Gasteiger partial charge >= 0.3 is 6.18 Å². The van der Waals surface area contributed by atoms with E-state index in [9.17, 15) is 22.8 Å². The monoisotopic (exact) mass is 360 g/mol. The molecule has 1 saturated heterocycles. The molecule has 2 rings (SSSR count). The van der Waals surface area contributed by atoms with Crippen molar-refractivity contribution < 1.29 is 22.8 Å². The van der Waals surface area contributed by atoms with E-state index in [4.69, 9.17) is 5.73 Å². The molecule has 2 N–H and O–H groups in total. The zero-order valence-corrected chi connectivity index (χ0v) is 13.8. The molecule has 0 aliphatic carbocycles. The fourth-order valence-electron chi connectivity index (χ4n) is 2.60. The number of thioether (sulfide) groups is 1. The van der Waals surface area contributed by atoms with Gasteiger partial charge in [0, 0.05) is 24.8 Å². The van der Waals surface area contributed by atoms with Crippen molar-refractivity contribution in [2.45, 2.75) is 24.8 Å². The number of halogens is 3. The molecule has 1 aromatic carbocycles. The van der Waals surface area contributed by atoms with Crippen molar-refractivity contribution in [3.63, 3.8) is 0 Å². The highest BCUT2D eigenvalue weighted by atomic mass is 32.2. The van der Waals surface area contributed by atoms with Crippen LogP contribution in [0.15, 0.2) is 24.3 Å². The number of alkyl halides is 3. The molecular weight excluding hydrogens is 341 g/mol. The van der Waals surface area contributed by atoms with Gasteiger partial charge in [0.05, 0.1) is 11.3 Å². The molecule has 0 bridgehead atoms. The van der Waals surface area contributed by atoms with Crippen molar-refractivity contribution in [3.8, 4) is 0 Å². The molecule has 0 spiro atoms. The maximum Gasteiger partial charge on any atom is 0.416 e. The van der Waals surface area contributed by atoms with Crippen LogP contribution in [-0.2, 0) is 21.5 Å². The fraction of sp³-hybridized carbons (Fsp3) is 0.500. The number of nitrogens with two attached hydrogens (primary N) is 1. The van der Waals surface area contributed by atoms with E-state index in [0.29, 0.717) is 37.2 Å². The van der Waals surface area contributed by atoms with Crippen LogP contribution in [0.4, 0.5) is 13.2 Å². The van der Waals surface area contributed by atoms with E-state index in [2.05, 4.69) is 0 Å². The van der Waals surface area contributed by atoms with Gasteiger partial charge in [0.2, 0.25) is 11.8 Å². The molecule has 1 heterocycles. The highest BCUT2D eigenvalue weighted by Gasteiger charge is 2.30. The van der Waals surface area contributed by atoms with E-state index < -0.39 is 11.7 Å². The molecule has 1 aliphatic rings. The van der Waals surface area contributed by atoms with Gasteiger partial charge < -0.3 is 10.6 Å². The fourth-order valence-corrected chi connectivity index (χ4v) is 3.47. The summed E-state index contributed by atoms with van der Waals surface area (Å²) in [5, 5.41) is 0. The first-order valence-corrected chi connectivity index (χ1v) is 8.74. The van der Waals surface area contributed by atoms with Gasteiger partial charge in [0.1, 0.15) is 0 Å². The summed E-state index contributed by atoms with van der Waals surface area (Å²) in [6.07, 6.45) is -3.22. The highest BCUT2D eigenvalue weighted by Crippen LogP contribution is 2.30. The van der Waals surface area contributed by atoms with Crippen molar-refractivity contribution in [3.05, 3.63) is 35.4 Å². The third-order valence-corrected chi connectivity index (χ3v) is 4.99. The van der Waals surface area contributed by atoms with Crippen molar-refractivity contribution in [2.24, 2.45) is 11.7 Å². The lowest BCUT2D eigenvalue weighted by Gasteiger charge is -2.30. The first kappa shape index (κ1) is 18.6. The van der Waals surface area contributed by atoms with E-state index in [1.807, 2.05) is 0 Å². The smallest absolute Gasteiger partial charge is 0.369 e. The Morgan fingerprint density at radius 3 is 2.50 bits per heavy atom. The van der Waals surface area contributed by atoms with Crippen LogP contribution in [0, 0.1) is 5.92 Å². The van der Waals surface area contributed by atoms with Gasteiger partial charge in [-0.25, -0.2) is 0 Å². The van der Waals surface area contributed by atoms with Crippen LogP contribution in [0.3, 0.4) is 0 Å². The summed E-state index contributed by atoms with van der Waals surface area (Å²) < 4.78 is 37.9. The van der Waals surface area contributed by atoms with Crippen LogP contribution >= 0.6 is 11.8 Å². The van der Waals surface area contributed by atoms with Gasteiger partial charge in [0.15, 0.2) is 0 Å². The number of primary amides is 1. The van der Waals surface area contributed by atoms with Crippen molar-refractivity contribution in [2.75, 3.05) is 18.8 Å². The van der Waals surface area contributed by atoms with Gasteiger partial charge in [-0.15, -0.1) is 11.8 Å². The minimum Gasteiger partial charge on any atom is -0.369 e. The zero-order valence-electron chi connectivity index (χ0n) is 13.0. The Hall–Kier alpha value is -1.70. The second kappa shape index (κ2) is 7.92. The minimum atomic E-state index is -4.36. The third-order valence-electron chi connectivity index (χ3n) is 4.00. The number of benzene rings is 1. The van der Waals surface area contributed by atoms with E-state index in [-0.39, 0.29) is 23.5 Å². The molecule has 24 heavy (non-hydrogen) atoms. The lowest BCUT2D eigenvalue weighted by atomic mass is 9.96. The van der Waals surface area contributed by atoms with Crippen LogP contribution < -0.4 is 5.73 Å². The van der Waals surface area contributed by atoms with Crippen LogP contribution in [-0.4, -0.2) is 35.6 Å². The van der Waals surface area contributed by atoms with Gasteiger partial charge in [-0.1, -0.05) is 18.2 Å². The molecule has 2 amide bonds. The second-order valence-electron chi connectivity index (χ2n) is 5.75. The average Bonchev–Trinajstić information content (AvgIpc) is 2.54. The quantitative estimate of drug-likeness (QED) is 0.878. The molecule has 0 atom stereocenters. The van der Waals surface area contributed by atoms with Crippen LogP contribution in [0.5, 0.6) is 0 Å². The Balaban J connectivity index is 1.78. The molecule has 0 aromatic heterocycles. The van der Waals surface area contributed by atoms with Gasteiger partial charge in [-0.2, -0.15) is 13.2 Å². The SMILES string of the molecule is NC(=O)C1CCN(C(=O)CSCc2cccc(C(F)(F)F)c2)CC1. The molecule has 0 saturated carbocycles. The Kier molecular flexibility index (Phi) is 6.15. The van der Waals surface area contributed by atoms with Crippen molar-refractivity contribution in [1.82, 2.24) is 4.90 Å². The minimum absolute atomic E-state index is 0.0603. The average molecular weight is 360 g/mol. The van der Waals surface area contributed by atoms with Gasteiger partial charge in [-0.3, -0.25) is 9.59 Å². The molecule has 0 unspecified atom stereocenters. The third kappa shape index (κ3) is 5.15. The summed E-state index contributed by atoms with van der Waals surface area (Å²) >= 11 is 1.28. The first-order valence-electron chi connectivity index (χ1n) is 7.58. The number of hydrogen-bond donors (Lipinski definition) is 1. The summed E-state index contributed by atoms with van der Waals surface area (Å²) in [5.74, 6) is -0.0204. The molecule has 8 heteroatoms. The number of nitrogens with zero attached hydrogens (tertiary/aromatic N) is 1. The summed E-state index contributed by atoms with van der Waals surface area (Å²) in [6.45, 7) is 0.993. The summed E-state index contributed by atoms with van der Waals surface area (Å²) in [6, 6.07) is 5.12. The molecule has 132 valence electrons. The molecular formula is C16H19F3N2O2S. The Labute approximate surface area is 142 Å². The lowest BCUT2D eigenvalue weighted by Crippen LogP contribution is -2.42. The standard InChI is InChI=1S/C16H19F3N2O2S/c17-16(18,19)13-3-1-2-11(8-13)9-24-10-14(22)21-6-4-12(5-7-21)15(20)23/h1-3,8,12H,4-7,9-10H2,(H2,20,23). The number of likely N-dealkylation sites (tertiary alicyclic amines) is 1. The number of hydrogen-bond acceptors (Lipinski definition) is 3. The first-order chi connectivity index (χ1) is 11.3. The Morgan fingerprint density at radius 2 is 1.92 bits per heavy atom.